The summed E-state index contributed by atoms with van der Waals surface area (Å²) in [5.74, 6) is 1.58. The van der Waals surface area contributed by atoms with Crippen LogP contribution in [-0.2, 0) is 0 Å². The molecule has 0 bridgehead atoms. The van der Waals surface area contributed by atoms with Crippen molar-refractivity contribution in [2.75, 3.05) is 0 Å². The first-order valence-electron chi connectivity index (χ1n) is 15.9. The lowest BCUT2D eigenvalue weighted by Gasteiger charge is -2.16. The molecule has 0 saturated carbocycles. The molecule has 3 heterocycles. The molecule has 9 rings (SSSR count). The molecule has 9 aromatic rings. The van der Waals surface area contributed by atoms with Gasteiger partial charge in [0.2, 0.25) is 5.95 Å². The van der Waals surface area contributed by atoms with Crippen molar-refractivity contribution in [2.24, 2.45) is 0 Å². The van der Waals surface area contributed by atoms with Crippen LogP contribution in [0.2, 0.25) is 0 Å². The number of benzene rings is 6. The Morgan fingerprint density at radius 1 is 0.500 bits per heavy atom. The molecular formula is C42H28N6. The Kier molecular flexibility index (Phi) is 6.21. The van der Waals surface area contributed by atoms with E-state index in [9.17, 15) is 0 Å². The molecule has 0 aliphatic heterocycles. The van der Waals surface area contributed by atoms with Crippen molar-refractivity contribution < 1.29 is 0 Å². The van der Waals surface area contributed by atoms with Crippen LogP contribution in [0.4, 0.5) is 5.69 Å². The van der Waals surface area contributed by atoms with Gasteiger partial charge in [0.05, 0.1) is 34.3 Å². The van der Waals surface area contributed by atoms with Crippen molar-refractivity contribution in [1.29, 1.82) is 0 Å². The lowest BCUT2D eigenvalue weighted by atomic mass is 10.1. The van der Waals surface area contributed by atoms with Crippen molar-refractivity contribution in [1.82, 2.24) is 24.1 Å². The molecule has 0 atom stereocenters. The number of hydrogen-bond acceptors (Lipinski definition) is 3. The van der Waals surface area contributed by atoms with Gasteiger partial charge in [-0.1, -0.05) is 96.1 Å². The topological polar surface area (TPSA) is 52.9 Å². The third-order valence-electron chi connectivity index (χ3n) is 9.10. The minimum absolute atomic E-state index is 0.496. The Balaban J connectivity index is 1.39. The molecule has 0 saturated heterocycles. The summed E-state index contributed by atoms with van der Waals surface area (Å²) in [5, 5.41) is 4.62. The summed E-state index contributed by atoms with van der Waals surface area (Å²) >= 11 is 0. The van der Waals surface area contributed by atoms with Gasteiger partial charge in [0.25, 0.3) is 0 Å². The van der Waals surface area contributed by atoms with E-state index in [-0.39, 0.29) is 0 Å². The van der Waals surface area contributed by atoms with Gasteiger partial charge in [0.15, 0.2) is 17.3 Å². The molecule has 48 heavy (non-hydrogen) atoms. The Bertz CT molecular complexity index is 2650. The summed E-state index contributed by atoms with van der Waals surface area (Å²) in [6, 6.07) is 45.7. The van der Waals surface area contributed by atoms with Gasteiger partial charge >= 0.3 is 0 Å². The van der Waals surface area contributed by atoms with Crippen LogP contribution < -0.4 is 0 Å². The SMILES string of the molecule is [C-]#[N+]c1ccc(-n2c3ccccc3c3ccccc32)c(-c2nc(-c3ccccc3)nc(-n3c4ccc(C)cc4c4cc(C)ccc43)n2)c1. The third-order valence-corrected chi connectivity index (χ3v) is 9.10. The highest BCUT2D eigenvalue weighted by atomic mass is 15.2. The largest absolute Gasteiger partial charge is 0.309 e. The average Bonchev–Trinajstić information content (AvgIpc) is 3.63. The number of aryl methyl sites for hydroxylation is 2. The maximum Gasteiger partial charge on any atom is 0.238 e. The minimum Gasteiger partial charge on any atom is -0.309 e. The van der Waals surface area contributed by atoms with Gasteiger partial charge in [0.1, 0.15) is 0 Å². The molecule has 0 radical (unpaired) electrons. The van der Waals surface area contributed by atoms with Gasteiger partial charge < -0.3 is 4.57 Å². The molecule has 226 valence electrons. The van der Waals surface area contributed by atoms with E-state index < -0.39 is 0 Å². The zero-order chi connectivity index (χ0) is 32.4. The van der Waals surface area contributed by atoms with Crippen LogP contribution in [0.3, 0.4) is 0 Å². The van der Waals surface area contributed by atoms with Crippen molar-refractivity contribution in [2.45, 2.75) is 13.8 Å². The van der Waals surface area contributed by atoms with E-state index in [4.69, 9.17) is 21.5 Å². The summed E-state index contributed by atoms with van der Waals surface area (Å²) in [7, 11) is 0. The number of fused-ring (bicyclic) bond motifs is 6. The summed E-state index contributed by atoms with van der Waals surface area (Å²) < 4.78 is 4.39. The summed E-state index contributed by atoms with van der Waals surface area (Å²) in [6.07, 6.45) is 0. The lowest BCUT2D eigenvalue weighted by molar-refractivity contribution is 0.951. The molecular weight excluding hydrogens is 589 g/mol. The van der Waals surface area contributed by atoms with E-state index in [1.807, 2.05) is 48.5 Å². The summed E-state index contributed by atoms with van der Waals surface area (Å²) in [5.41, 5.74) is 9.61. The Labute approximate surface area is 277 Å². The number of nitrogens with zero attached hydrogens (tertiary/aromatic N) is 6. The van der Waals surface area contributed by atoms with Gasteiger partial charge in [-0.3, -0.25) is 4.57 Å². The maximum absolute atomic E-state index is 7.92. The van der Waals surface area contributed by atoms with Crippen molar-refractivity contribution in [3.63, 3.8) is 0 Å². The van der Waals surface area contributed by atoms with Crippen LogP contribution in [0.15, 0.2) is 133 Å². The summed E-state index contributed by atoms with van der Waals surface area (Å²) in [6.45, 7) is 12.2. The van der Waals surface area contributed by atoms with Crippen LogP contribution in [0.25, 0.3) is 82.9 Å². The number of rotatable bonds is 4. The Morgan fingerprint density at radius 3 is 1.69 bits per heavy atom. The smallest absolute Gasteiger partial charge is 0.238 e. The molecule has 6 aromatic carbocycles. The van der Waals surface area contributed by atoms with E-state index in [1.54, 1.807) is 0 Å². The van der Waals surface area contributed by atoms with Crippen LogP contribution in [-0.4, -0.2) is 24.1 Å². The second-order valence-corrected chi connectivity index (χ2v) is 12.2. The van der Waals surface area contributed by atoms with E-state index in [1.165, 1.54) is 11.1 Å². The fourth-order valence-corrected chi connectivity index (χ4v) is 6.92. The van der Waals surface area contributed by atoms with E-state index in [0.717, 1.165) is 60.4 Å². The third kappa shape index (κ3) is 4.29. The van der Waals surface area contributed by atoms with E-state index in [0.29, 0.717) is 23.3 Å². The number of aromatic nitrogens is 5. The van der Waals surface area contributed by atoms with E-state index in [2.05, 4.69) is 113 Å². The van der Waals surface area contributed by atoms with E-state index >= 15 is 0 Å². The van der Waals surface area contributed by atoms with Gasteiger partial charge in [-0.2, -0.15) is 9.97 Å². The second-order valence-electron chi connectivity index (χ2n) is 12.2. The Hall–Kier alpha value is -6.58. The van der Waals surface area contributed by atoms with Crippen LogP contribution >= 0.6 is 0 Å². The predicted molar refractivity (Wildman–Crippen MR) is 195 cm³/mol. The number of hydrogen-bond donors (Lipinski definition) is 0. The number of para-hydroxylation sites is 2. The lowest BCUT2D eigenvalue weighted by Crippen LogP contribution is -2.07. The standard InChI is InChI=1S/C42H28N6/c1-26-17-20-37-32(23-26)33-24-27(2)18-21-38(33)48(37)42-45-40(28-11-5-4-6-12-28)44-41(46-42)34-25-29(43-3)19-22-39(34)47-35-15-9-7-13-30(35)31-14-8-10-16-36(31)47/h4-25H,1-2H3. The molecule has 0 aliphatic rings. The highest BCUT2D eigenvalue weighted by Crippen LogP contribution is 2.38. The fourth-order valence-electron chi connectivity index (χ4n) is 6.92. The molecule has 6 nitrogen and oxygen atoms in total. The quantitative estimate of drug-likeness (QED) is 0.185. The molecule has 6 heteroatoms. The van der Waals surface area contributed by atoms with Crippen molar-refractivity contribution in [3.05, 3.63) is 156 Å². The van der Waals surface area contributed by atoms with Crippen molar-refractivity contribution >= 4 is 49.3 Å². The Morgan fingerprint density at radius 2 is 1.06 bits per heavy atom. The second kappa shape index (κ2) is 10.8. The van der Waals surface area contributed by atoms with Crippen molar-refractivity contribution in [3.8, 4) is 34.4 Å². The zero-order valence-corrected chi connectivity index (χ0v) is 26.4. The first kappa shape index (κ1) is 27.7. The molecule has 0 amide bonds. The zero-order valence-electron chi connectivity index (χ0n) is 26.4. The van der Waals surface area contributed by atoms with Gasteiger partial charge in [0, 0.05) is 32.7 Å². The summed E-state index contributed by atoms with van der Waals surface area (Å²) in [4.78, 5) is 19.3. The first-order valence-corrected chi connectivity index (χ1v) is 15.9. The molecule has 0 unspecified atom stereocenters. The predicted octanol–water partition coefficient (Wildman–Crippen LogP) is 10.6. The normalized spacial score (nSPS) is 11.5. The highest BCUT2D eigenvalue weighted by molar-refractivity contribution is 6.10. The highest BCUT2D eigenvalue weighted by Gasteiger charge is 2.21. The van der Waals surface area contributed by atoms with Crippen LogP contribution in [0.1, 0.15) is 11.1 Å². The molecule has 0 spiro atoms. The van der Waals surface area contributed by atoms with Crippen LogP contribution in [0.5, 0.6) is 0 Å². The first-order chi connectivity index (χ1) is 23.6. The van der Waals surface area contributed by atoms with Gasteiger partial charge in [-0.25, -0.2) is 9.83 Å². The van der Waals surface area contributed by atoms with Gasteiger partial charge in [-0.15, -0.1) is 0 Å². The monoisotopic (exact) mass is 616 g/mol. The molecule has 0 fully saturated rings. The molecule has 0 N–H and O–H groups in total. The van der Waals surface area contributed by atoms with Crippen LogP contribution in [0, 0.1) is 20.4 Å². The van der Waals surface area contributed by atoms with Gasteiger partial charge in [-0.05, 0) is 62.4 Å². The minimum atomic E-state index is 0.496. The average molecular weight is 617 g/mol. The maximum atomic E-state index is 7.92. The molecule has 3 aromatic heterocycles. The molecule has 0 aliphatic carbocycles. The fraction of sp³-hybridized carbons (Fsp3) is 0.0476.